The zero-order valence-electron chi connectivity index (χ0n) is 13.4. The van der Waals surface area contributed by atoms with Gasteiger partial charge in [0.25, 0.3) is 0 Å². The van der Waals surface area contributed by atoms with E-state index < -0.39 is 10.0 Å². The molecule has 23 heavy (non-hydrogen) atoms. The van der Waals surface area contributed by atoms with Crippen molar-refractivity contribution in [2.75, 3.05) is 12.3 Å². The number of nitrogens with two attached hydrogens (primary N) is 1. The Morgan fingerprint density at radius 3 is 2.57 bits per heavy atom. The van der Waals surface area contributed by atoms with Gasteiger partial charge in [-0.1, -0.05) is 17.7 Å². The maximum Gasteiger partial charge on any atom is 0.243 e. The van der Waals surface area contributed by atoms with Crippen LogP contribution in [-0.2, 0) is 10.0 Å². The maximum atomic E-state index is 13.0. The molecule has 0 radical (unpaired) electrons. The highest BCUT2D eigenvalue weighted by Gasteiger charge is 2.36. The van der Waals surface area contributed by atoms with E-state index in [9.17, 15) is 8.42 Å². The molecule has 1 atom stereocenters. The van der Waals surface area contributed by atoms with E-state index in [0.717, 1.165) is 29.5 Å². The molecule has 2 aromatic rings. The first-order chi connectivity index (χ1) is 10.9. The van der Waals surface area contributed by atoms with E-state index in [-0.39, 0.29) is 6.04 Å². The van der Waals surface area contributed by atoms with Crippen molar-refractivity contribution >= 4 is 15.8 Å². The van der Waals surface area contributed by atoms with Gasteiger partial charge in [-0.15, -0.1) is 0 Å². The number of rotatable bonds is 3. The fraction of sp³-hybridized carbons (Fsp3) is 0.353. The van der Waals surface area contributed by atoms with Gasteiger partial charge in [-0.25, -0.2) is 13.4 Å². The minimum Gasteiger partial charge on any atom is -0.384 e. The topological polar surface area (TPSA) is 76.3 Å². The molecule has 2 heterocycles. The summed E-state index contributed by atoms with van der Waals surface area (Å²) in [5.74, 6) is 0.456. The summed E-state index contributed by atoms with van der Waals surface area (Å²) >= 11 is 0. The number of nitrogens with zero attached hydrogens (tertiary/aromatic N) is 2. The average Bonchev–Trinajstić information content (AvgIpc) is 2.97. The van der Waals surface area contributed by atoms with Crippen LogP contribution in [0.5, 0.6) is 0 Å². The SMILES string of the molecule is Cc1ccc(S(=O)(=O)N2CCC[C@H]2c2cnc(N)cc2C)cc1. The van der Waals surface area contributed by atoms with Crippen LogP contribution in [0.15, 0.2) is 41.4 Å². The fourth-order valence-corrected chi connectivity index (χ4v) is 4.80. The van der Waals surface area contributed by atoms with Gasteiger partial charge in [0.2, 0.25) is 10.0 Å². The molecule has 1 fully saturated rings. The van der Waals surface area contributed by atoms with Gasteiger partial charge in [0, 0.05) is 12.7 Å². The third kappa shape index (κ3) is 2.96. The standard InChI is InChI=1S/C17H21N3O2S/c1-12-5-7-14(8-6-12)23(21,22)20-9-3-4-16(20)15-11-19-17(18)10-13(15)2/h5-8,10-11,16H,3-4,9H2,1-2H3,(H2,18,19)/t16-/m0/s1. The van der Waals surface area contributed by atoms with Gasteiger partial charge in [-0.2, -0.15) is 4.31 Å². The largest absolute Gasteiger partial charge is 0.384 e. The van der Waals surface area contributed by atoms with E-state index in [4.69, 9.17) is 5.73 Å². The van der Waals surface area contributed by atoms with Gasteiger partial charge in [0.1, 0.15) is 5.82 Å². The second-order valence-corrected chi connectivity index (χ2v) is 7.94. The van der Waals surface area contributed by atoms with Gasteiger partial charge in [0.15, 0.2) is 0 Å². The molecule has 1 aliphatic rings. The molecule has 3 rings (SSSR count). The molecule has 0 bridgehead atoms. The van der Waals surface area contributed by atoms with E-state index in [2.05, 4.69) is 4.98 Å². The first-order valence-corrected chi connectivity index (χ1v) is 9.14. The minimum absolute atomic E-state index is 0.172. The van der Waals surface area contributed by atoms with Crippen molar-refractivity contribution < 1.29 is 8.42 Å². The van der Waals surface area contributed by atoms with E-state index >= 15 is 0 Å². The molecule has 0 amide bonds. The van der Waals surface area contributed by atoms with Crippen LogP contribution >= 0.6 is 0 Å². The lowest BCUT2D eigenvalue weighted by Crippen LogP contribution is -2.31. The smallest absolute Gasteiger partial charge is 0.243 e. The number of hydrogen-bond acceptors (Lipinski definition) is 4. The predicted molar refractivity (Wildman–Crippen MR) is 90.4 cm³/mol. The molecule has 122 valence electrons. The summed E-state index contributed by atoms with van der Waals surface area (Å²) < 4.78 is 27.6. The Hall–Kier alpha value is -1.92. The molecule has 1 aromatic heterocycles. The van der Waals surface area contributed by atoms with E-state index in [1.165, 1.54) is 0 Å². The Balaban J connectivity index is 1.99. The second kappa shape index (κ2) is 5.94. The van der Waals surface area contributed by atoms with Gasteiger partial charge >= 0.3 is 0 Å². The maximum absolute atomic E-state index is 13.0. The number of pyridine rings is 1. The lowest BCUT2D eigenvalue weighted by molar-refractivity contribution is 0.395. The molecule has 2 N–H and O–H groups in total. The number of benzene rings is 1. The highest BCUT2D eigenvalue weighted by Crippen LogP contribution is 2.37. The Labute approximate surface area is 137 Å². The molecule has 0 unspecified atom stereocenters. The molecule has 1 saturated heterocycles. The van der Waals surface area contributed by atoms with Crippen LogP contribution in [0.1, 0.15) is 35.6 Å². The van der Waals surface area contributed by atoms with Gasteiger partial charge < -0.3 is 5.73 Å². The summed E-state index contributed by atoms with van der Waals surface area (Å²) in [7, 11) is -3.51. The van der Waals surface area contributed by atoms with Crippen LogP contribution in [0, 0.1) is 13.8 Å². The number of sulfonamides is 1. The second-order valence-electron chi connectivity index (χ2n) is 6.05. The zero-order valence-corrected chi connectivity index (χ0v) is 14.2. The number of anilines is 1. The Morgan fingerprint density at radius 1 is 1.22 bits per heavy atom. The van der Waals surface area contributed by atoms with Crippen LogP contribution in [0.3, 0.4) is 0 Å². The molecule has 6 heteroatoms. The van der Waals surface area contributed by atoms with Crippen molar-refractivity contribution in [1.82, 2.24) is 9.29 Å². The fourth-order valence-electron chi connectivity index (χ4n) is 3.12. The Bertz CT molecular complexity index is 816. The molecular formula is C17H21N3O2S. The van der Waals surface area contributed by atoms with Crippen molar-refractivity contribution in [3.8, 4) is 0 Å². The summed E-state index contributed by atoms with van der Waals surface area (Å²) in [5, 5.41) is 0. The van der Waals surface area contributed by atoms with Gasteiger partial charge in [0.05, 0.1) is 10.9 Å². The summed E-state index contributed by atoms with van der Waals surface area (Å²) in [4.78, 5) is 4.49. The number of aromatic nitrogens is 1. The first kappa shape index (κ1) is 16.0. The molecule has 0 spiro atoms. The van der Waals surface area contributed by atoms with E-state index in [1.54, 1.807) is 28.7 Å². The highest BCUT2D eigenvalue weighted by molar-refractivity contribution is 7.89. The summed E-state index contributed by atoms with van der Waals surface area (Å²) in [6, 6.07) is 8.63. The van der Waals surface area contributed by atoms with Crippen LogP contribution in [0.25, 0.3) is 0 Å². The van der Waals surface area contributed by atoms with Crippen LogP contribution in [0.2, 0.25) is 0 Å². The summed E-state index contributed by atoms with van der Waals surface area (Å²) in [6.07, 6.45) is 3.36. The van der Waals surface area contributed by atoms with E-state index in [1.807, 2.05) is 26.0 Å². The van der Waals surface area contributed by atoms with Crippen molar-refractivity contribution in [2.45, 2.75) is 37.6 Å². The van der Waals surface area contributed by atoms with E-state index in [0.29, 0.717) is 17.3 Å². The van der Waals surface area contributed by atoms with Crippen molar-refractivity contribution in [1.29, 1.82) is 0 Å². The lowest BCUT2D eigenvalue weighted by Gasteiger charge is -2.25. The van der Waals surface area contributed by atoms with Gasteiger partial charge in [-0.3, -0.25) is 0 Å². The normalized spacial score (nSPS) is 19.1. The van der Waals surface area contributed by atoms with Crippen LogP contribution < -0.4 is 5.73 Å². The quantitative estimate of drug-likeness (QED) is 0.938. The third-order valence-electron chi connectivity index (χ3n) is 4.36. The van der Waals surface area contributed by atoms with Crippen LogP contribution in [0.4, 0.5) is 5.82 Å². The summed E-state index contributed by atoms with van der Waals surface area (Å²) in [5.41, 5.74) is 8.67. The monoisotopic (exact) mass is 331 g/mol. The third-order valence-corrected chi connectivity index (χ3v) is 6.29. The molecular weight excluding hydrogens is 310 g/mol. The molecule has 0 saturated carbocycles. The molecule has 1 aromatic carbocycles. The highest BCUT2D eigenvalue weighted by atomic mass is 32.2. The number of nitrogen functional groups attached to an aromatic ring is 1. The Morgan fingerprint density at radius 2 is 1.91 bits per heavy atom. The molecule has 5 nitrogen and oxygen atoms in total. The van der Waals surface area contributed by atoms with Crippen LogP contribution in [-0.4, -0.2) is 24.3 Å². The van der Waals surface area contributed by atoms with Crippen molar-refractivity contribution in [2.24, 2.45) is 0 Å². The lowest BCUT2D eigenvalue weighted by atomic mass is 10.0. The Kier molecular flexibility index (Phi) is 4.12. The first-order valence-electron chi connectivity index (χ1n) is 7.70. The molecule has 0 aliphatic carbocycles. The minimum atomic E-state index is -3.51. The number of aryl methyl sites for hydroxylation is 2. The number of hydrogen-bond donors (Lipinski definition) is 1. The zero-order chi connectivity index (χ0) is 16.6. The molecule has 1 aliphatic heterocycles. The van der Waals surface area contributed by atoms with Crippen molar-refractivity contribution in [3.63, 3.8) is 0 Å². The summed E-state index contributed by atoms with van der Waals surface area (Å²) in [6.45, 7) is 4.42. The van der Waals surface area contributed by atoms with Gasteiger partial charge in [-0.05, 0) is 56.0 Å². The predicted octanol–water partition coefficient (Wildman–Crippen LogP) is 2.81. The van der Waals surface area contributed by atoms with Crippen molar-refractivity contribution in [3.05, 3.63) is 53.2 Å². The average molecular weight is 331 g/mol.